The minimum absolute atomic E-state index is 0.0575. The second kappa shape index (κ2) is 9.74. The molecule has 2 aliphatic heterocycles. The largest absolute Gasteiger partial charge is 0.586 e. The Morgan fingerprint density at radius 1 is 1.11 bits per heavy atom. The first-order valence-corrected chi connectivity index (χ1v) is 12.7. The van der Waals surface area contributed by atoms with Crippen molar-refractivity contribution >= 4 is 22.4 Å². The van der Waals surface area contributed by atoms with Gasteiger partial charge in [-0.2, -0.15) is 0 Å². The van der Waals surface area contributed by atoms with Gasteiger partial charge in [0, 0.05) is 17.5 Å². The van der Waals surface area contributed by atoms with Gasteiger partial charge < -0.3 is 20.1 Å². The van der Waals surface area contributed by atoms with Crippen LogP contribution in [0.1, 0.15) is 47.3 Å². The number of anilines is 1. The summed E-state index contributed by atoms with van der Waals surface area (Å²) in [4.78, 5) is 18.0. The molecule has 3 aromatic rings. The van der Waals surface area contributed by atoms with Gasteiger partial charge in [-0.25, -0.2) is 9.37 Å². The zero-order chi connectivity index (χ0) is 25.3. The van der Waals surface area contributed by atoms with E-state index >= 15 is 0 Å². The van der Waals surface area contributed by atoms with Gasteiger partial charge in [-0.15, -0.1) is 20.1 Å². The molecule has 3 aliphatic rings. The maximum atomic E-state index is 14.1. The molecule has 10 heteroatoms. The van der Waals surface area contributed by atoms with E-state index in [2.05, 4.69) is 25.1 Å². The number of amides is 1. The molecule has 2 fully saturated rings. The first-order valence-electron chi connectivity index (χ1n) is 11.9. The molecule has 36 heavy (non-hydrogen) atoms. The highest BCUT2D eigenvalue weighted by Crippen LogP contribution is 2.52. The van der Waals surface area contributed by atoms with Crippen LogP contribution in [0.15, 0.2) is 42.6 Å². The Morgan fingerprint density at radius 3 is 2.53 bits per heavy atom. The van der Waals surface area contributed by atoms with Gasteiger partial charge in [0.1, 0.15) is 5.82 Å². The number of carbonyl (C=O) groups excluding carboxylic acids is 1. The number of thiazole rings is 1. The van der Waals surface area contributed by atoms with Gasteiger partial charge in [-0.05, 0) is 80.6 Å². The number of alkyl halides is 2. The Kier molecular flexibility index (Phi) is 6.65. The maximum absolute atomic E-state index is 14.1. The predicted octanol–water partition coefficient (Wildman–Crippen LogP) is 5.54. The number of halogens is 3. The highest BCUT2D eigenvalue weighted by Gasteiger charge is 2.53. The van der Waals surface area contributed by atoms with E-state index in [1.54, 1.807) is 18.3 Å². The molecule has 6 rings (SSSR count). The molecule has 3 heterocycles. The topological polar surface area (TPSA) is 72.5 Å². The number of carbonyl (C=O) groups is 1. The van der Waals surface area contributed by atoms with E-state index < -0.39 is 11.7 Å². The molecule has 6 nitrogen and oxygen atoms in total. The maximum Gasteiger partial charge on any atom is 0.586 e. The summed E-state index contributed by atoms with van der Waals surface area (Å²) >= 11 is 1.27. The fourth-order valence-corrected chi connectivity index (χ4v) is 5.12. The third-order valence-corrected chi connectivity index (χ3v) is 7.36. The van der Waals surface area contributed by atoms with Gasteiger partial charge in [0.05, 0.1) is 5.41 Å². The summed E-state index contributed by atoms with van der Waals surface area (Å²) in [7, 11) is 0. The van der Waals surface area contributed by atoms with Crippen LogP contribution in [0.4, 0.5) is 18.3 Å². The monoisotopic (exact) mass is 517 g/mol. The lowest BCUT2D eigenvalue weighted by atomic mass is 9.94. The summed E-state index contributed by atoms with van der Waals surface area (Å²) < 4.78 is 49.6. The number of nitrogens with one attached hydrogen (secondary N) is 2. The first-order chi connectivity index (χ1) is 17.2. The zero-order valence-electron chi connectivity index (χ0n) is 19.7. The van der Waals surface area contributed by atoms with E-state index in [1.165, 1.54) is 55.5 Å². The molecule has 0 bridgehead atoms. The van der Waals surface area contributed by atoms with E-state index in [9.17, 15) is 18.0 Å². The number of benzene rings is 2. The molecule has 0 radical (unpaired) electrons. The van der Waals surface area contributed by atoms with Crippen LogP contribution in [0.25, 0.3) is 0 Å². The lowest BCUT2D eigenvalue weighted by Crippen LogP contribution is -2.27. The fourth-order valence-electron chi connectivity index (χ4n) is 4.29. The van der Waals surface area contributed by atoms with Crippen molar-refractivity contribution in [3.8, 4) is 11.5 Å². The third-order valence-electron chi connectivity index (χ3n) is 6.44. The van der Waals surface area contributed by atoms with Gasteiger partial charge >= 0.3 is 6.29 Å². The Hall–Kier alpha value is -3.11. The van der Waals surface area contributed by atoms with Crippen molar-refractivity contribution in [2.75, 3.05) is 18.4 Å². The lowest BCUT2D eigenvalue weighted by molar-refractivity contribution is -0.286. The fraction of sp³-hybridized carbons (Fsp3) is 0.385. The average molecular weight is 518 g/mol. The second-order valence-corrected chi connectivity index (χ2v) is 10.3. The number of fused-ring (bicyclic) bond motifs is 1. The molecule has 1 aromatic heterocycles. The number of nitrogens with zero attached hydrogens (tertiary/aromatic N) is 1. The quantitative estimate of drug-likeness (QED) is 0.465. The Balaban J connectivity index is 0.000000477. The van der Waals surface area contributed by atoms with Crippen molar-refractivity contribution in [3.63, 3.8) is 0 Å². The van der Waals surface area contributed by atoms with E-state index in [-0.39, 0.29) is 23.2 Å². The number of ether oxygens (including phenoxy) is 2. The van der Waals surface area contributed by atoms with Gasteiger partial charge in [-0.1, -0.05) is 18.2 Å². The summed E-state index contributed by atoms with van der Waals surface area (Å²) in [6.45, 7) is 4.33. The average Bonchev–Trinajstić information content (AvgIpc) is 3.16. The molecule has 2 N–H and O–H groups in total. The molecule has 0 atom stereocenters. The van der Waals surface area contributed by atoms with Gasteiger partial charge in [-0.3, -0.25) is 4.79 Å². The summed E-state index contributed by atoms with van der Waals surface area (Å²) in [6, 6.07) is 9.48. The van der Waals surface area contributed by atoms with Gasteiger partial charge in [0.15, 0.2) is 16.6 Å². The standard InChI is InChI=1S/C22H17F3N2O3S.C4H9N/c1-12-2-3-13(16(23)8-12)9-15-11-26-20(31-15)27-19(28)21(6-7-21)14-4-5-17-18(10-14)30-22(24,25)29-17;1-2-4-5-3-1/h2-5,8,10-11H,6-7,9H2,1H3,(H,26,27,28);5H,1-4H2. The van der Waals surface area contributed by atoms with Crippen molar-refractivity contribution in [1.29, 1.82) is 0 Å². The first kappa shape index (κ1) is 24.6. The number of rotatable bonds is 5. The van der Waals surface area contributed by atoms with Gasteiger partial charge in [0.25, 0.3) is 0 Å². The van der Waals surface area contributed by atoms with Crippen molar-refractivity contribution in [3.05, 3.63) is 70.0 Å². The molecule has 1 amide bonds. The summed E-state index contributed by atoms with van der Waals surface area (Å²) in [5.41, 5.74) is 1.18. The number of aryl methyl sites for hydroxylation is 1. The Bertz CT molecular complexity index is 1260. The SMILES string of the molecule is C1CCNC1.Cc1ccc(Cc2cnc(NC(=O)C3(c4ccc5c(c4)OC(F)(F)O5)CC3)s2)c(F)c1. The van der Waals surface area contributed by atoms with E-state index in [1.807, 2.05) is 13.0 Å². The molecule has 0 spiro atoms. The molecule has 0 unspecified atom stereocenters. The van der Waals surface area contributed by atoms with Crippen molar-refractivity contribution in [2.45, 2.75) is 50.7 Å². The van der Waals surface area contributed by atoms with Crippen LogP contribution in [0, 0.1) is 12.7 Å². The van der Waals surface area contributed by atoms with Gasteiger partial charge in [0.2, 0.25) is 5.91 Å². The van der Waals surface area contributed by atoms with Crippen molar-refractivity contribution in [2.24, 2.45) is 0 Å². The molecule has 1 saturated carbocycles. The Morgan fingerprint density at radius 2 is 1.86 bits per heavy atom. The second-order valence-electron chi connectivity index (χ2n) is 9.23. The third kappa shape index (κ3) is 5.34. The summed E-state index contributed by atoms with van der Waals surface area (Å²) in [5.74, 6) is -0.680. The van der Waals surface area contributed by atoms with Crippen molar-refractivity contribution < 1.29 is 27.4 Å². The van der Waals surface area contributed by atoms with Crippen LogP contribution in [0.5, 0.6) is 11.5 Å². The van der Waals surface area contributed by atoms with Crippen LogP contribution in [0.2, 0.25) is 0 Å². The highest BCUT2D eigenvalue weighted by atomic mass is 32.1. The van der Waals surface area contributed by atoms with Crippen molar-refractivity contribution in [1.82, 2.24) is 10.3 Å². The normalized spacial score (nSPS) is 18.3. The van der Waals surface area contributed by atoms with Crippen LogP contribution >= 0.6 is 11.3 Å². The van der Waals surface area contributed by atoms with E-state index in [4.69, 9.17) is 0 Å². The Labute approximate surface area is 210 Å². The summed E-state index contributed by atoms with van der Waals surface area (Å²) in [6.07, 6.45) is 2.24. The van der Waals surface area contributed by atoms with Crippen LogP contribution in [-0.4, -0.2) is 30.3 Å². The van der Waals surface area contributed by atoms with Crippen LogP contribution in [0.3, 0.4) is 0 Å². The molecule has 1 saturated heterocycles. The minimum atomic E-state index is -3.70. The molecular weight excluding hydrogens is 491 g/mol. The highest BCUT2D eigenvalue weighted by molar-refractivity contribution is 7.15. The predicted molar refractivity (Wildman–Crippen MR) is 130 cm³/mol. The number of hydrogen-bond acceptors (Lipinski definition) is 6. The lowest BCUT2D eigenvalue weighted by Gasteiger charge is -2.15. The molecule has 190 valence electrons. The molecule has 1 aliphatic carbocycles. The van der Waals surface area contributed by atoms with Crippen LogP contribution < -0.4 is 20.1 Å². The minimum Gasteiger partial charge on any atom is -0.395 e. The molecular formula is C26H26F3N3O3S. The number of aromatic nitrogens is 1. The van der Waals surface area contributed by atoms with Crippen LogP contribution in [-0.2, 0) is 16.6 Å². The van der Waals surface area contributed by atoms with E-state index in [0.717, 1.165) is 10.4 Å². The number of hydrogen-bond donors (Lipinski definition) is 2. The smallest absolute Gasteiger partial charge is 0.395 e. The summed E-state index contributed by atoms with van der Waals surface area (Å²) in [5, 5.41) is 6.44. The molecule has 2 aromatic carbocycles. The zero-order valence-corrected chi connectivity index (χ0v) is 20.5. The van der Waals surface area contributed by atoms with E-state index in [0.29, 0.717) is 35.5 Å².